The van der Waals surface area contributed by atoms with E-state index >= 15 is 4.79 Å². The summed E-state index contributed by atoms with van der Waals surface area (Å²) in [5.41, 5.74) is 2.70. The molecule has 9 nitrogen and oxygen atoms in total. The molecule has 0 saturated carbocycles. The van der Waals surface area contributed by atoms with Crippen molar-refractivity contribution in [3.05, 3.63) is 120 Å². The second-order valence-corrected chi connectivity index (χ2v) is 19.8. The second kappa shape index (κ2) is 14.9. The highest BCUT2D eigenvalue weighted by Crippen LogP contribution is 2.60. The largest absolute Gasteiger partial charge is 0.497 e. The first-order valence-electron chi connectivity index (χ1n) is 18.6. The predicted octanol–water partition coefficient (Wildman–Crippen LogP) is 6.00. The van der Waals surface area contributed by atoms with Gasteiger partial charge in [0.1, 0.15) is 5.75 Å². The summed E-state index contributed by atoms with van der Waals surface area (Å²) >= 11 is 0. The highest BCUT2D eigenvalue weighted by Gasteiger charge is 2.66. The Labute approximate surface area is 313 Å². The molecule has 0 bridgehead atoms. The zero-order valence-corrected chi connectivity index (χ0v) is 32.0. The molecular weight excluding hydrogens is 683 g/mol. The number of fused-ring (bicyclic) bond motifs is 2. The maximum Gasteiger partial charge on any atom is 0.264 e. The number of hydrogen-bond acceptors (Lipinski definition) is 6. The van der Waals surface area contributed by atoms with E-state index in [0.717, 1.165) is 40.2 Å². The molecule has 1 N–H and O–H groups in total. The van der Waals surface area contributed by atoms with Gasteiger partial charge in [0.2, 0.25) is 11.8 Å². The van der Waals surface area contributed by atoms with Crippen molar-refractivity contribution in [2.24, 2.45) is 5.92 Å². The Kier molecular flexibility index (Phi) is 10.3. The molecule has 0 aromatic heterocycles. The number of carbonyl (C=O) groups is 3. The van der Waals surface area contributed by atoms with Gasteiger partial charge < -0.3 is 29.3 Å². The monoisotopic (exact) mass is 731 g/mol. The third kappa shape index (κ3) is 6.68. The summed E-state index contributed by atoms with van der Waals surface area (Å²) < 4.78 is 12.8. The Bertz CT molecular complexity index is 1960. The molecule has 1 spiro atoms. The van der Waals surface area contributed by atoms with Crippen molar-refractivity contribution < 1.29 is 29.0 Å². The van der Waals surface area contributed by atoms with Crippen LogP contribution in [0.2, 0.25) is 18.6 Å². The van der Waals surface area contributed by atoms with Gasteiger partial charge in [-0.1, -0.05) is 98.0 Å². The Balaban J connectivity index is 1.34. The van der Waals surface area contributed by atoms with Crippen LogP contribution >= 0.6 is 0 Å². The minimum Gasteiger partial charge on any atom is -0.497 e. The summed E-state index contributed by atoms with van der Waals surface area (Å²) in [6.07, 6.45) is 0.745. The fraction of sp³-hybridized carbons (Fsp3) is 0.372. The third-order valence-electron chi connectivity index (χ3n) is 11.7. The quantitative estimate of drug-likeness (QED) is 0.180. The van der Waals surface area contributed by atoms with Crippen LogP contribution in [0.1, 0.15) is 42.9 Å². The SMILES string of the molecule is COc1ccc([Si](C)(C)[C@H]2[C@H](CC(=O)N(CCO)Cc3ccccc3)O[C@@]3(C(=O)N(Cc4ccccc4)c4ccc(N5CCCC5=O)cc43)[C@@H]2C)cc1. The van der Waals surface area contributed by atoms with Gasteiger partial charge in [-0.3, -0.25) is 14.4 Å². The minimum atomic E-state index is -2.53. The summed E-state index contributed by atoms with van der Waals surface area (Å²) in [5, 5.41) is 11.2. The number of ether oxygens (including phenoxy) is 2. The number of carbonyl (C=O) groups excluding carboxylic acids is 3. The van der Waals surface area contributed by atoms with E-state index in [1.165, 1.54) is 5.19 Å². The van der Waals surface area contributed by atoms with Crippen LogP contribution in [0, 0.1) is 5.92 Å². The maximum absolute atomic E-state index is 15.3. The molecule has 4 aromatic rings. The van der Waals surface area contributed by atoms with Gasteiger partial charge in [-0.2, -0.15) is 0 Å². The van der Waals surface area contributed by atoms with Crippen molar-refractivity contribution in [2.75, 3.05) is 36.6 Å². The lowest BCUT2D eigenvalue weighted by Gasteiger charge is -2.37. The third-order valence-corrected chi connectivity index (χ3v) is 16.1. The fourth-order valence-electron chi connectivity index (χ4n) is 9.03. The first-order chi connectivity index (χ1) is 25.6. The van der Waals surface area contributed by atoms with Gasteiger partial charge in [0.15, 0.2) is 5.60 Å². The number of aliphatic hydroxyl groups is 1. The van der Waals surface area contributed by atoms with Crippen LogP contribution in [0.3, 0.4) is 0 Å². The second-order valence-electron chi connectivity index (χ2n) is 15.1. The van der Waals surface area contributed by atoms with Crippen LogP contribution in [0.15, 0.2) is 103 Å². The fourth-order valence-corrected chi connectivity index (χ4v) is 13.0. The van der Waals surface area contributed by atoms with E-state index in [-0.39, 0.29) is 48.8 Å². The van der Waals surface area contributed by atoms with E-state index in [0.29, 0.717) is 26.1 Å². The normalized spacial score (nSPS) is 22.5. The topological polar surface area (TPSA) is 99.6 Å². The van der Waals surface area contributed by atoms with Gasteiger partial charge in [0.05, 0.1) is 46.5 Å². The number of benzene rings is 4. The molecule has 0 radical (unpaired) electrons. The number of aliphatic hydroxyl groups excluding tert-OH is 1. The van der Waals surface area contributed by atoms with E-state index < -0.39 is 19.8 Å². The zero-order valence-electron chi connectivity index (χ0n) is 31.0. The average molecular weight is 732 g/mol. The van der Waals surface area contributed by atoms with Gasteiger partial charge in [0, 0.05) is 43.2 Å². The van der Waals surface area contributed by atoms with Gasteiger partial charge in [-0.25, -0.2) is 0 Å². The number of anilines is 2. The van der Waals surface area contributed by atoms with Crippen LogP contribution in [0.5, 0.6) is 5.75 Å². The molecule has 53 heavy (non-hydrogen) atoms. The van der Waals surface area contributed by atoms with E-state index in [1.54, 1.807) is 12.0 Å². The van der Waals surface area contributed by atoms with Gasteiger partial charge in [-0.15, -0.1) is 0 Å². The molecule has 3 aliphatic rings. The molecule has 3 amide bonds. The molecule has 0 aliphatic carbocycles. The van der Waals surface area contributed by atoms with E-state index in [1.807, 2.05) is 101 Å². The average Bonchev–Trinajstić information content (AvgIpc) is 3.80. The molecule has 10 heteroatoms. The van der Waals surface area contributed by atoms with Crippen molar-refractivity contribution >= 4 is 42.4 Å². The highest BCUT2D eigenvalue weighted by molar-refractivity contribution is 6.91. The van der Waals surface area contributed by atoms with E-state index in [9.17, 15) is 14.7 Å². The molecular formula is C43H49N3O6Si. The lowest BCUT2D eigenvalue weighted by molar-refractivity contribution is -0.150. The smallest absolute Gasteiger partial charge is 0.264 e. The number of hydrogen-bond donors (Lipinski definition) is 1. The Morgan fingerprint density at radius 2 is 1.64 bits per heavy atom. The zero-order chi connectivity index (χ0) is 37.3. The lowest BCUT2D eigenvalue weighted by Crippen LogP contribution is -2.52. The number of methoxy groups -OCH3 is 1. The van der Waals surface area contributed by atoms with Crippen LogP contribution in [-0.4, -0.2) is 68.7 Å². The molecule has 2 fully saturated rings. The van der Waals surface area contributed by atoms with E-state index in [4.69, 9.17) is 9.47 Å². The molecule has 2 saturated heterocycles. The number of rotatable bonds is 12. The predicted molar refractivity (Wildman–Crippen MR) is 209 cm³/mol. The molecule has 0 unspecified atom stereocenters. The molecule has 7 rings (SSSR count). The van der Waals surface area contributed by atoms with Crippen LogP contribution in [-0.2, 0) is 37.8 Å². The summed E-state index contributed by atoms with van der Waals surface area (Å²) in [4.78, 5) is 48.0. The first kappa shape index (κ1) is 36.6. The summed E-state index contributed by atoms with van der Waals surface area (Å²) in [6.45, 7) is 8.08. The van der Waals surface area contributed by atoms with Crippen molar-refractivity contribution in [1.29, 1.82) is 0 Å². The van der Waals surface area contributed by atoms with Crippen LogP contribution in [0.25, 0.3) is 0 Å². The minimum absolute atomic E-state index is 0.0573. The summed E-state index contributed by atoms with van der Waals surface area (Å²) in [7, 11) is -0.879. The standard InChI is InChI=1S/C43H49N3O6Si/c1-30-41(53(3,4)35-20-18-34(51-2)19-21-35)38(27-40(49)44(24-25-47)28-31-12-7-5-8-13-31)52-43(30)36-26-33(45-23-11-16-39(45)48)17-22-37(36)46(42(43)50)29-32-14-9-6-10-15-32/h5-10,12-15,17-22,26,30,38,41,47H,11,16,23-25,27-29H2,1-4H3/t30-,38+,41-,43+/m1/s1. The molecule has 4 atom stereocenters. The van der Waals surface area contributed by atoms with Crippen molar-refractivity contribution in [1.82, 2.24) is 4.90 Å². The molecule has 3 heterocycles. The van der Waals surface area contributed by atoms with Crippen molar-refractivity contribution in [2.45, 2.75) is 69.6 Å². The number of amides is 3. The molecule has 276 valence electrons. The van der Waals surface area contributed by atoms with Crippen molar-refractivity contribution in [3.8, 4) is 5.75 Å². The lowest BCUT2D eigenvalue weighted by atomic mass is 9.82. The molecule has 4 aromatic carbocycles. The highest BCUT2D eigenvalue weighted by atomic mass is 28.3. The van der Waals surface area contributed by atoms with Gasteiger partial charge >= 0.3 is 0 Å². The Morgan fingerprint density at radius 3 is 2.26 bits per heavy atom. The van der Waals surface area contributed by atoms with E-state index in [2.05, 4.69) is 32.2 Å². The maximum atomic E-state index is 15.3. The van der Waals surface area contributed by atoms with Crippen LogP contribution < -0.4 is 19.7 Å². The van der Waals surface area contributed by atoms with Crippen molar-refractivity contribution in [3.63, 3.8) is 0 Å². The summed E-state index contributed by atoms with van der Waals surface area (Å²) in [5.74, 6) is 0.232. The number of nitrogens with zero attached hydrogens (tertiary/aromatic N) is 3. The van der Waals surface area contributed by atoms with Gasteiger partial charge in [0.25, 0.3) is 5.91 Å². The molecule has 3 aliphatic heterocycles. The Hall–Kier alpha value is -4.77. The Morgan fingerprint density at radius 1 is 0.962 bits per heavy atom. The first-order valence-corrected chi connectivity index (χ1v) is 21.7. The van der Waals surface area contributed by atoms with Gasteiger partial charge in [-0.05, 0) is 53.4 Å². The van der Waals surface area contributed by atoms with Crippen LogP contribution in [0.4, 0.5) is 11.4 Å². The summed E-state index contributed by atoms with van der Waals surface area (Å²) in [6, 6.07) is 33.8.